The molecular weight excluding hydrogens is 342 g/mol. The van der Waals surface area contributed by atoms with Crippen LogP contribution in [-0.2, 0) is 0 Å². The number of nitrogens with zero attached hydrogens (tertiary/aromatic N) is 2. The van der Waals surface area contributed by atoms with Crippen LogP contribution >= 0.6 is 15.9 Å². The van der Waals surface area contributed by atoms with Gasteiger partial charge in [-0.15, -0.1) is 0 Å². The molecule has 21 heavy (non-hydrogen) atoms. The molecule has 4 nitrogen and oxygen atoms in total. The van der Waals surface area contributed by atoms with E-state index in [1.54, 1.807) is 6.20 Å². The topological polar surface area (TPSA) is 49.8 Å². The molecule has 7 heteroatoms. The molecule has 0 bridgehead atoms. The quantitative estimate of drug-likeness (QED) is 0.883. The van der Waals surface area contributed by atoms with E-state index >= 15 is 0 Å². The van der Waals surface area contributed by atoms with Gasteiger partial charge in [-0.3, -0.25) is 0 Å². The summed E-state index contributed by atoms with van der Waals surface area (Å²) < 4.78 is 26.1. The summed E-state index contributed by atoms with van der Waals surface area (Å²) in [5.74, 6) is 0.542. The second-order valence-electron chi connectivity index (χ2n) is 5.10. The summed E-state index contributed by atoms with van der Waals surface area (Å²) in [6.07, 6.45) is 1.13. The minimum Gasteiger partial charge on any atom is -0.351 e. The number of nitrogens with one attached hydrogen (secondary N) is 2. The lowest BCUT2D eigenvalue weighted by Crippen LogP contribution is -2.35. The molecule has 2 heterocycles. The van der Waals surface area contributed by atoms with Gasteiger partial charge in [0.2, 0.25) is 5.95 Å². The average molecular weight is 357 g/mol. The van der Waals surface area contributed by atoms with E-state index < -0.39 is 6.43 Å². The van der Waals surface area contributed by atoms with Crippen LogP contribution in [0.25, 0.3) is 10.9 Å². The predicted octanol–water partition coefficient (Wildman–Crippen LogP) is 3.49. The number of fused-ring (bicyclic) bond motifs is 1. The molecule has 0 saturated carbocycles. The molecule has 1 saturated heterocycles. The lowest BCUT2D eigenvalue weighted by Gasteiger charge is -2.23. The maximum absolute atomic E-state index is 12.8. The number of alkyl halides is 2. The monoisotopic (exact) mass is 356 g/mol. The largest absolute Gasteiger partial charge is 0.351 e. The molecule has 1 fully saturated rings. The molecule has 2 aromatic rings. The molecule has 0 spiro atoms. The minimum absolute atomic E-state index is 0.0305. The van der Waals surface area contributed by atoms with Crippen molar-refractivity contribution in [1.82, 2.24) is 15.3 Å². The summed E-state index contributed by atoms with van der Waals surface area (Å²) in [7, 11) is 0. The molecule has 112 valence electrons. The number of aromatic nitrogens is 2. The normalized spacial score (nSPS) is 16.6. The average Bonchev–Trinajstić information content (AvgIpc) is 2.48. The van der Waals surface area contributed by atoms with Crippen molar-refractivity contribution in [3.8, 4) is 0 Å². The second-order valence-corrected chi connectivity index (χ2v) is 5.96. The van der Waals surface area contributed by atoms with Crippen molar-refractivity contribution < 1.29 is 8.78 Å². The highest BCUT2D eigenvalue weighted by atomic mass is 79.9. The highest BCUT2D eigenvalue weighted by Crippen LogP contribution is 2.29. The van der Waals surface area contributed by atoms with Gasteiger partial charge in [0, 0.05) is 27.7 Å². The van der Waals surface area contributed by atoms with Gasteiger partial charge in [-0.25, -0.2) is 18.7 Å². The lowest BCUT2D eigenvalue weighted by molar-refractivity contribution is 0.151. The Morgan fingerprint density at radius 2 is 2.05 bits per heavy atom. The fourth-order valence-electron chi connectivity index (χ4n) is 2.47. The van der Waals surface area contributed by atoms with Crippen LogP contribution in [0, 0.1) is 0 Å². The fourth-order valence-corrected chi connectivity index (χ4v) is 3.05. The Morgan fingerprint density at radius 1 is 1.29 bits per heavy atom. The Bertz CT molecular complexity index is 644. The van der Waals surface area contributed by atoms with Crippen molar-refractivity contribution in [2.45, 2.75) is 25.3 Å². The van der Waals surface area contributed by atoms with Gasteiger partial charge in [0.15, 0.2) is 0 Å². The van der Waals surface area contributed by atoms with E-state index in [0.717, 1.165) is 25.9 Å². The first-order valence-electron chi connectivity index (χ1n) is 6.85. The van der Waals surface area contributed by atoms with Crippen LogP contribution in [0.5, 0.6) is 0 Å². The SMILES string of the molecule is FC(F)c1cc(Br)c2nc(NC3CCNCC3)ncc2c1. The Morgan fingerprint density at radius 3 is 2.76 bits per heavy atom. The summed E-state index contributed by atoms with van der Waals surface area (Å²) in [5.41, 5.74) is 0.614. The third kappa shape index (κ3) is 3.29. The first kappa shape index (κ1) is 14.6. The molecule has 1 aromatic heterocycles. The third-order valence-corrected chi connectivity index (χ3v) is 4.19. The molecular formula is C14H15BrF2N4. The Labute approximate surface area is 129 Å². The van der Waals surface area contributed by atoms with Gasteiger partial charge in [0.25, 0.3) is 6.43 Å². The third-order valence-electron chi connectivity index (χ3n) is 3.58. The Hall–Kier alpha value is -1.34. The molecule has 3 rings (SSSR count). The van der Waals surface area contributed by atoms with Crippen LogP contribution in [0.15, 0.2) is 22.8 Å². The zero-order valence-electron chi connectivity index (χ0n) is 11.2. The van der Waals surface area contributed by atoms with E-state index in [4.69, 9.17) is 0 Å². The van der Waals surface area contributed by atoms with Crippen LogP contribution < -0.4 is 10.6 Å². The van der Waals surface area contributed by atoms with E-state index in [9.17, 15) is 8.78 Å². The highest BCUT2D eigenvalue weighted by Gasteiger charge is 2.15. The smallest absolute Gasteiger partial charge is 0.263 e. The van der Waals surface area contributed by atoms with Crippen molar-refractivity contribution in [3.63, 3.8) is 0 Å². The van der Waals surface area contributed by atoms with Crippen LogP contribution in [0.1, 0.15) is 24.8 Å². The maximum Gasteiger partial charge on any atom is 0.263 e. The summed E-state index contributed by atoms with van der Waals surface area (Å²) in [4.78, 5) is 8.67. The van der Waals surface area contributed by atoms with Crippen LogP contribution in [-0.4, -0.2) is 29.1 Å². The van der Waals surface area contributed by atoms with E-state index in [1.165, 1.54) is 12.1 Å². The molecule has 0 aliphatic carbocycles. The van der Waals surface area contributed by atoms with Crippen molar-refractivity contribution in [3.05, 3.63) is 28.4 Å². The van der Waals surface area contributed by atoms with Crippen LogP contribution in [0.4, 0.5) is 14.7 Å². The molecule has 2 N–H and O–H groups in total. The van der Waals surface area contributed by atoms with E-state index in [0.29, 0.717) is 27.4 Å². The second kappa shape index (κ2) is 6.19. The predicted molar refractivity (Wildman–Crippen MR) is 81.7 cm³/mol. The zero-order valence-corrected chi connectivity index (χ0v) is 12.8. The molecule has 0 amide bonds. The summed E-state index contributed by atoms with van der Waals surface area (Å²) in [5, 5.41) is 7.21. The van der Waals surface area contributed by atoms with Gasteiger partial charge in [-0.1, -0.05) is 0 Å². The fraction of sp³-hybridized carbons (Fsp3) is 0.429. The van der Waals surface area contributed by atoms with Gasteiger partial charge >= 0.3 is 0 Å². The number of rotatable bonds is 3. The number of anilines is 1. The summed E-state index contributed by atoms with van der Waals surface area (Å²) in [6, 6.07) is 3.19. The molecule has 0 atom stereocenters. The van der Waals surface area contributed by atoms with E-state index in [2.05, 4.69) is 36.5 Å². The van der Waals surface area contributed by atoms with Gasteiger partial charge in [-0.2, -0.15) is 0 Å². The van der Waals surface area contributed by atoms with E-state index in [1.807, 2.05) is 0 Å². The first-order valence-corrected chi connectivity index (χ1v) is 7.64. The van der Waals surface area contributed by atoms with Crippen LogP contribution in [0.2, 0.25) is 0 Å². The van der Waals surface area contributed by atoms with Crippen LogP contribution in [0.3, 0.4) is 0 Å². The molecule has 0 radical (unpaired) electrons. The summed E-state index contributed by atoms with van der Waals surface area (Å²) >= 11 is 3.31. The number of benzene rings is 1. The van der Waals surface area contributed by atoms with Gasteiger partial charge < -0.3 is 10.6 Å². The highest BCUT2D eigenvalue weighted by molar-refractivity contribution is 9.10. The van der Waals surface area contributed by atoms with Crippen molar-refractivity contribution in [2.24, 2.45) is 0 Å². The maximum atomic E-state index is 12.8. The first-order chi connectivity index (χ1) is 10.1. The van der Waals surface area contributed by atoms with Crippen molar-refractivity contribution >= 4 is 32.8 Å². The molecule has 1 aliphatic heterocycles. The van der Waals surface area contributed by atoms with E-state index in [-0.39, 0.29) is 5.56 Å². The number of hydrogen-bond acceptors (Lipinski definition) is 4. The Kier molecular flexibility index (Phi) is 4.30. The van der Waals surface area contributed by atoms with Gasteiger partial charge in [-0.05, 0) is 54.0 Å². The number of halogens is 3. The minimum atomic E-state index is -2.50. The number of piperidine rings is 1. The standard InChI is InChI=1S/C14H15BrF2N4/c15-11-6-8(13(16)17)5-9-7-19-14(21-12(9)11)20-10-1-3-18-4-2-10/h5-7,10,13,18H,1-4H2,(H,19,20,21). The Balaban J connectivity index is 1.89. The zero-order chi connectivity index (χ0) is 14.8. The molecule has 1 aromatic carbocycles. The summed E-state index contributed by atoms with van der Waals surface area (Å²) in [6.45, 7) is 1.96. The van der Waals surface area contributed by atoms with Gasteiger partial charge in [0.05, 0.1) is 5.52 Å². The lowest BCUT2D eigenvalue weighted by atomic mass is 10.1. The van der Waals surface area contributed by atoms with Crippen molar-refractivity contribution in [2.75, 3.05) is 18.4 Å². The number of hydrogen-bond donors (Lipinski definition) is 2. The van der Waals surface area contributed by atoms with Crippen molar-refractivity contribution in [1.29, 1.82) is 0 Å². The molecule has 0 unspecified atom stereocenters. The van der Waals surface area contributed by atoms with Gasteiger partial charge in [0.1, 0.15) is 0 Å². The molecule has 1 aliphatic rings.